The van der Waals surface area contributed by atoms with Gasteiger partial charge in [-0.25, -0.2) is 8.78 Å². The molecular formula is C12H20F2. The highest BCUT2D eigenvalue weighted by molar-refractivity contribution is 4.97. The van der Waals surface area contributed by atoms with Gasteiger partial charge >= 0.3 is 0 Å². The summed E-state index contributed by atoms with van der Waals surface area (Å²) in [5.41, 5.74) is 0.154. The lowest BCUT2D eigenvalue weighted by molar-refractivity contribution is 0.0275. The second-order valence-corrected chi connectivity index (χ2v) is 5.34. The van der Waals surface area contributed by atoms with Crippen LogP contribution in [0.25, 0.3) is 0 Å². The fraction of sp³-hybridized carbons (Fsp3) is 0.833. The molecular weight excluding hydrogens is 182 g/mol. The zero-order valence-electron chi connectivity index (χ0n) is 9.32. The van der Waals surface area contributed by atoms with Crippen molar-refractivity contribution in [2.24, 2.45) is 11.3 Å². The largest absolute Gasteiger partial charge is 0.266 e. The molecule has 0 radical (unpaired) electrons. The van der Waals surface area contributed by atoms with Crippen LogP contribution < -0.4 is 0 Å². The summed E-state index contributed by atoms with van der Waals surface area (Å²) in [5.74, 6) is -2.16. The van der Waals surface area contributed by atoms with Gasteiger partial charge in [0.05, 0.1) is 0 Å². The van der Waals surface area contributed by atoms with Gasteiger partial charge in [-0.1, -0.05) is 26.8 Å². The topological polar surface area (TPSA) is 0 Å². The summed E-state index contributed by atoms with van der Waals surface area (Å²) in [6.07, 6.45) is 5.18. The molecule has 0 heterocycles. The SMILES string of the molecule is CC(C)(C)C1CC/C=C\C(F)(F)CC1. The Hall–Kier alpha value is -0.400. The standard InChI is InChI=1S/C12H20F2/c1-11(2,3)10-6-4-5-8-12(13,14)9-7-10/h5,8,10H,4,6-7,9H2,1-3H3/b8-5-. The Morgan fingerprint density at radius 1 is 1.21 bits per heavy atom. The highest BCUT2D eigenvalue weighted by Gasteiger charge is 2.31. The number of halogens is 2. The molecule has 1 aliphatic carbocycles. The molecule has 0 N–H and O–H groups in total. The minimum atomic E-state index is -2.58. The van der Waals surface area contributed by atoms with E-state index in [1.807, 2.05) is 0 Å². The van der Waals surface area contributed by atoms with Crippen LogP contribution in [-0.2, 0) is 0 Å². The first-order valence-electron chi connectivity index (χ1n) is 5.37. The van der Waals surface area contributed by atoms with Crippen molar-refractivity contribution in [3.05, 3.63) is 12.2 Å². The average Bonchev–Trinajstić information content (AvgIpc) is 1.96. The Kier molecular flexibility index (Phi) is 3.33. The van der Waals surface area contributed by atoms with Gasteiger partial charge in [-0.05, 0) is 36.7 Å². The third-order valence-electron chi connectivity index (χ3n) is 3.09. The molecule has 0 amide bonds. The van der Waals surface area contributed by atoms with Crippen LogP contribution in [0, 0.1) is 11.3 Å². The summed E-state index contributed by atoms with van der Waals surface area (Å²) >= 11 is 0. The van der Waals surface area contributed by atoms with Crippen molar-refractivity contribution in [3.8, 4) is 0 Å². The van der Waals surface area contributed by atoms with Crippen LogP contribution in [0.5, 0.6) is 0 Å². The van der Waals surface area contributed by atoms with Gasteiger partial charge in [0.15, 0.2) is 0 Å². The van der Waals surface area contributed by atoms with E-state index >= 15 is 0 Å². The second-order valence-electron chi connectivity index (χ2n) is 5.34. The lowest BCUT2D eigenvalue weighted by atomic mass is 9.74. The fourth-order valence-corrected chi connectivity index (χ4v) is 2.01. The Morgan fingerprint density at radius 3 is 2.43 bits per heavy atom. The van der Waals surface area contributed by atoms with E-state index in [1.165, 1.54) is 0 Å². The van der Waals surface area contributed by atoms with E-state index in [1.54, 1.807) is 6.08 Å². The number of alkyl halides is 2. The molecule has 0 fully saturated rings. The van der Waals surface area contributed by atoms with Crippen molar-refractivity contribution in [3.63, 3.8) is 0 Å². The summed E-state index contributed by atoms with van der Waals surface area (Å²) in [6, 6.07) is 0. The normalized spacial score (nSPS) is 30.5. The minimum absolute atomic E-state index is 0.00539. The zero-order chi connectivity index (χ0) is 10.8. The molecule has 1 unspecified atom stereocenters. The molecule has 0 saturated heterocycles. The maximum absolute atomic E-state index is 13.1. The second kappa shape index (κ2) is 4.00. The van der Waals surface area contributed by atoms with Crippen LogP contribution in [0.1, 0.15) is 46.5 Å². The van der Waals surface area contributed by atoms with E-state index in [0.29, 0.717) is 12.3 Å². The molecule has 0 saturated carbocycles. The van der Waals surface area contributed by atoms with Gasteiger partial charge < -0.3 is 0 Å². The van der Waals surface area contributed by atoms with Crippen LogP contribution in [-0.4, -0.2) is 5.92 Å². The van der Waals surface area contributed by atoms with E-state index in [4.69, 9.17) is 0 Å². The summed E-state index contributed by atoms with van der Waals surface area (Å²) in [7, 11) is 0. The van der Waals surface area contributed by atoms with Crippen molar-refractivity contribution in [2.75, 3.05) is 0 Å². The molecule has 0 nitrogen and oxygen atoms in total. The maximum atomic E-state index is 13.1. The Labute approximate surface area is 85.4 Å². The minimum Gasteiger partial charge on any atom is -0.202 e. The number of allylic oxidation sites excluding steroid dienone is 2. The van der Waals surface area contributed by atoms with E-state index in [0.717, 1.165) is 18.9 Å². The van der Waals surface area contributed by atoms with Gasteiger partial charge in [0, 0.05) is 6.42 Å². The van der Waals surface area contributed by atoms with Crippen molar-refractivity contribution >= 4 is 0 Å². The van der Waals surface area contributed by atoms with Gasteiger partial charge in [0.1, 0.15) is 0 Å². The lowest BCUT2D eigenvalue weighted by Gasteiger charge is -2.32. The third kappa shape index (κ3) is 3.39. The predicted molar refractivity (Wildman–Crippen MR) is 55.5 cm³/mol. The Bertz CT molecular complexity index is 211. The van der Waals surface area contributed by atoms with Gasteiger partial charge in [0.2, 0.25) is 0 Å². The number of rotatable bonds is 0. The van der Waals surface area contributed by atoms with Crippen LogP contribution in [0.15, 0.2) is 12.2 Å². The molecule has 1 atom stereocenters. The molecule has 82 valence electrons. The first kappa shape index (κ1) is 11.7. The van der Waals surface area contributed by atoms with Gasteiger partial charge in [-0.3, -0.25) is 0 Å². The fourth-order valence-electron chi connectivity index (χ4n) is 2.01. The van der Waals surface area contributed by atoms with Crippen LogP contribution in [0.3, 0.4) is 0 Å². The highest BCUT2D eigenvalue weighted by Crippen LogP contribution is 2.38. The maximum Gasteiger partial charge on any atom is 0.266 e. The molecule has 0 aromatic carbocycles. The van der Waals surface area contributed by atoms with E-state index < -0.39 is 5.92 Å². The molecule has 0 spiro atoms. The van der Waals surface area contributed by atoms with Gasteiger partial charge in [-0.15, -0.1) is 0 Å². The van der Waals surface area contributed by atoms with E-state index in [2.05, 4.69) is 20.8 Å². The van der Waals surface area contributed by atoms with Crippen molar-refractivity contribution in [2.45, 2.75) is 52.4 Å². The predicted octanol–water partition coefficient (Wildman–Crippen LogP) is 4.41. The van der Waals surface area contributed by atoms with Crippen molar-refractivity contribution < 1.29 is 8.78 Å². The average molecular weight is 202 g/mol. The molecule has 0 aromatic rings. The van der Waals surface area contributed by atoms with E-state index in [-0.39, 0.29) is 11.8 Å². The summed E-state index contributed by atoms with van der Waals surface area (Å²) in [5, 5.41) is 0. The van der Waals surface area contributed by atoms with Crippen molar-refractivity contribution in [1.82, 2.24) is 0 Å². The highest BCUT2D eigenvalue weighted by atomic mass is 19.3. The summed E-state index contributed by atoms with van der Waals surface area (Å²) < 4.78 is 26.2. The van der Waals surface area contributed by atoms with Crippen LogP contribution in [0.4, 0.5) is 8.78 Å². The van der Waals surface area contributed by atoms with Crippen molar-refractivity contribution in [1.29, 1.82) is 0 Å². The van der Waals surface area contributed by atoms with Crippen LogP contribution >= 0.6 is 0 Å². The lowest BCUT2D eigenvalue weighted by Crippen LogP contribution is -2.24. The van der Waals surface area contributed by atoms with Crippen LogP contribution in [0.2, 0.25) is 0 Å². The summed E-state index contributed by atoms with van der Waals surface area (Å²) in [6.45, 7) is 6.42. The summed E-state index contributed by atoms with van der Waals surface area (Å²) in [4.78, 5) is 0. The smallest absolute Gasteiger partial charge is 0.202 e. The Balaban J connectivity index is 2.65. The molecule has 2 heteroatoms. The molecule has 1 aliphatic rings. The first-order chi connectivity index (χ1) is 6.31. The number of hydrogen-bond donors (Lipinski definition) is 0. The number of hydrogen-bond acceptors (Lipinski definition) is 0. The third-order valence-corrected chi connectivity index (χ3v) is 3.09. The van der Waals surface area contributed by atoms with Gasteiger partial charge in [-0.2, -0.15) is 0 Å². The first-order valence-corrected chi connectivity index (χ1v) is 5.37. The molecule has 0 aliphatic heterocycles. The van der Waals surface area contributed by atoms with Gasteiger partial charge in [0.25, 0.3) is 5.92 Å². The van der Waals surface area contributed by atoms with E-state index in [9.17, 15) is 8.78 Å². The Morgan fingerprint density at radius 2 is 1.86 bits per heavy atom. The monoisotopic (exact) mass is 202 g/mol. The molecule has 0 aromatic heterocycles. The molecule has 14 heavy (non-hydrogen) atoms. The zero-order valence-corrected chi connectivity index (χ0v) is 9.32. The quantitative estimate of drug-likeness (QED) is 0.510. The molecule has 0 bridgehead atoms. The molecule has 1 rings (SSSR count).